The van der Waals surface area contributed by atoms with E-state index in [-0.39, 0.29) is 24.6 Å². The van der Waals surface area contributed by atoms with E-state index in [1.54, 1.807) is 35.1 Å². The van der Waals surface area contributed by atoms with Gasteiger partial charge in [0.1, 0.15) is 22.2 Å². The summed E-state index contributed by atoms with van der Waals surface area (Å²) in [6.45, 7) is 7.44. The number of nitrogens with zero attached hydrogens (tertiary/aromatic N) is 2. The average molecular weight is 831 g/mol. The lowest BCUT2D eigenvalue weighted by Gasteiger charge is -2.36. The normalized spacial score (nSPS) is 29.2. The molecular formula is C46H58N2O8S2. The number of cyclic esters (lactones) is 2. The number of thiazole rings is 2. The van der Waals surface area contributed by atoms with Crippen LogP contribution in [0.25, 0.3) is 12.2 Å². The lowest BCUT2D eigenvalue weighted by atomic mass is 9.78. The summed E-state index contributed by atoms with van der Waals surface area (Å²) >= 11 is 2.70. The summed E-state index contributed by atoms with van der Waals surface area (Å²) in [6.07, 6.45) is 31.3. The molecule has 10 nitrogen and oxygen atoms in total. The second-order valence-electron chi connectivity index (χ2n) is 16.3. The van der Waals surface area contributed by atoms with Gasteiger partial charge in [0.15, 0.2) is 11.4 Å². The van der Waals surface area contributed by atoms with Crippen LogP contribution < -0.4 is 0 Å². The molecule has 0 aromatic carbocycles. The number of ether oxygens (including phenoxy) is 2. The van der Waals surface area contributed by atoms with Gasteiger partial charge in [-0.05, 0) is 61.5 Å². The Balaban J connectivity index is 1.35. The Morgan fingerprint density at radius 1 is 0.672 bits per heavy atom. The summed E-state index contributed by atoms with van der Waals surface area (Å²) in [5.41, 5.74) is -1.23. The molecule has 4 N–H and O–H groups in total. The van der Waals surface area contributed by atoms with Crippen molar-refractivity contribution in [3.8, 4) is 0 Å². The van der Waals surface area contributed by atoms with Crippen LogP contribution in [0.5, 0.6) is 0 Å². The molecule has 2 aliphatic carbocycles. The molecule has 2 saturated carbocycles. The monoisotopic (exact) mass is 830 g/mol. The molecule has 0 saturated heterocycles. The number of rotatable bonds is 10. The van der Waals surface area contributed by atoms with Gasteiger partial charge in [-0.15, -0.1) is 22.7 Å². The van der Waals surface area contributed by atoms with Crippen LogP contribution in [0, 0.1) is 34.5 Å². The minimum atomic E-state index is -0.910. The Morgan fingerprint density at radius 2 is 1.07 bits per heavy atom. The molecule has 2 unspecified atom stereocenters. The number of carbonyl (C=O) groups excluding carboxylic acids is 2. The fraction of sp³-hybridized carbons (Fsp3) is 0.478. The van der Waals surface area contributed by atoms with Crippen molar-refractivity contribution in [2.24, 2.45) is 34.5 Å². The van der Waals surface area contributed by atoms with Gasteiger partial charge in [0.2, 0.25) is 0 Å². The van der Waals surface area contributed by atoms with Crippen molar-refractivity contribution in [3.05, 3.63) is 117 Å². The van der Waals surface area contributed by atoms with Crippen molar-refractivity contribution in [1.82, 2.24) is 9.97 Å². The highest BCUT2D eigenvalue weighted by molar-refractivity contribution is 7.11. The van der Waals surface area contributed by atoms with Crippen LogP contribution in [0.1, 0.15) is 97.2 Å². The SMILES string of the molecule is CC(C)([C@@H]1C/C=C\[C@H]2C[C@H]2/C=C/C=C\c2nc(cs2)C(=O)O[C@H](C(C)(C)[C@@H](O)/C=C/CCO)C/C=C\C2CC2/C=C/C=C\c2nc(cs2)C(=O)O1)[C@@H](O)/C=C/CCO. The molecule has 2 fully saturated rings. The van der Waals surface area contributed by atoms with Crippen LogP contribution in [-0.2, 0) is 9.47 Å². The number of aliphatic hydroxyl groups excluding tert-OH is 4. The van der Waals surface area contributed by atoms with E-state index in [1.165, 1.54) is 22.7 Å². The van der Waals surface area contributed by atoms with Crippen molar-refractivity contribution in [1.29, 1.82) is 0 Å². The number of fused-ring (bicyclic) bond motifs is 6. The van der Waals surface area contributed by atoms with Crippen molar-refractivity contribution in [3.63, 3.8) is 0 Å². The predicted molar refractivity (Wildman–Crippen MR) is 231 cm³/mol. The Hall–Kier alpha value is -4.04. The molecule has 1 aliphatic heterocycles. The molecule has 5 rings (SSSR count). The standard InChI is InChI=1S/C46H58N2O8S2/c1-45(2,37(51)19-9-11-25-49)39-21-13-17-33-27-31(33)15-5-8-24-42-48-36(30-58-42)44(54)56-40(46(3,4)38(52)20-10-12-26-50)22-14-18-34-28-32(34)16-6-7-23-41-47-35(29-57-41)43(53)55-39/h5-10,13-20,23-24,29-34,37-40,49-52H,11-12,21-22,25-28H2,1-4H3/b15-5+,16-6+,17-13-,18-14-,19-9+,20-10+,23-7-,24-8-/t31-,32?,33+,34?,37+,38+,39+,40+/m1/s1. The zero-order valence-corrected chi connectivity index (χ0v) is 35.4. The fourth-order valence-electron chi connectivity index (χ4n) is 6.58. The molecular weight excluding hydrogens is 773 g/mol. The van der Waals surface area contributed by atoms with Crippen LogP contribution in [0.15, 0.2) is 95.8 Å². The molecule has 0 spiro atoms. The minimum Gasteiger partial charge on any atom is -0.457 e. The summed E-state index contributed by atoms with van der Waals surface area (Å²) in [7, 11) is 0. The molecule has 4 bridgehead atoms. The lowest BCUT2D eigenvalue weighted by molar-refractivity contribution is -0.0461. The van der Waals surface area contributed by atoms with Gasteiger partial charge in [0.25, 0.3) is 0 Å². The van der Waals surface area contributed by atoms with Crippen LogP contribution in [0.3, 0.4) is 0 Å². The molecule has 8 atom stereocenters. The summed E-state index contributed by atoms with van der Waals surface area (Å²) < 4.78 is 12.1. The van der Waals surface area contributed by atoms with Gasteiger partial charge in [0, 0.05) is 47.6 Å². The number of carbonyl (C=O) groups is 2. The first-order chi connectivity index (χ1) is 27.8. The Morgan fingerprint density at radius 3 is 1.47 bits per heavy atom. The van der Waals surface area contributed by atoms with E-state index in [1.807, 2.05) is 76.3 Å². The first-order valence-electron chi connectivity index (χ1n) is 20.1. The molecule has 0 radical (unpaired) electrons. The highest BCUT2D eigenvalue weighted by Crippen LogP contribution is 2.42. The zero-order valence-electron chi connectivity index (χ0n) is 33.8. The van der Waals surface area contributed by atoms with Gasteiger partial charge in [-0.3, -0.25) is 0 Å². The highest BCUT2D eigenvalue weighted by atomic mass is 32.1. The summed E-state index contributed by atoms with van der Waals surface area (Å²) in [5.74, 6) is 0.295. The third-order valence-corrected chi connectivity index (χ3v) is 12.7. The predicted octanol–water partition coefficient (Wildman–Crippen LogP) is 8.32. The van der Waals surface area contributed by atoms with Crippen molar-refractivity contribution >= 4 is 46.8 Å². The van der Waals surface area contributed by atoms with E-state index < -0.39 is 47.2 Å². The van der Waals surface area contributed by atoms with Gasteiger partial charge in [-0.2, -0.15) is 0 Å². The number of hydrogen-bond donors (Lipinski definition) is 4. The van der Waals surface area contributed by atoms with E-state index in [0.717, 1.165) is 12.8 Å². The minimum absolute atomic E-state index is 0.0200. The van der Waals surface area contributed by atoms with Gasteiger partial charge in [-0.1, -0.05) is 113 Å². The van der Waals surface area contributed by atoms with E-state index in [2.05, 4.69) is 34.3 Å². The van der Waals surface area contributed by atoms with Crippen LogP contribution >= 0.6 is 22.7 Å². The molecule has 12 heteroatoms. The maximum absolute atomic E-state index is 13.4. The van der Waals surface area contributed by atoms with Crippen molar-refractivity contribution in [2.75, 3.05) is 13.2 Å². The maximum atomic E-state index is 13.4. The first kappa shape index (κ1) is 45.1. The van der Waals surface area contributed by atoms with Crippen LogP contribution in [-0.4, -0.2) is 80.0 Å². The molecule has 58 heavy (non-hydrogen) atoms. The Labute approximate surface area is 350 Å². The molecule has 3 aliphatic rings. The lowest BCUT2D eigenvalue weighted by Crippen LogP contribution is -2.42. The second kappa shape index (κ2) is 21.3. The van der Waals surface area contributed by atoms with E-state index in [9.17, 15) is 30.0 Å². The Bertz CT molecular complexity index is 1780. The Kier molecular flexibility index (Phi) is 16.5. The van der Waals surface area contributed by atoms with Gasteiger partial charge >= 0.3 is 11.9 Å². The van der Waals surface area contributed by atoms with Gasteiger partial charge < -0.3 is 29.9 Å². The fourth-order valence-corrected chi connectivity index (χ4v) is 7.96. The molecule has 2 aromatic heterocycles. The smallest absolute Gasteiger partial charge is 0.358 e. The topological polar surface area (TPSA) is 159 Å². The van der Waals surface area contributed by atoms with Crippen molar-refractivity contribution < 1.29 is 39.5 Å². The largest absolute Gasteiger partial charge is 0.457 e. The van der Waals surface area contributed by atoms with Gasteiger partial charge in [-0.25, -0.2) is 19.6 Å². The number of aromatic nitrogens is 2. The van der Waals surface area contributed by atoms with Crippen LogP contribution in [0.4, 0.5) is 0 Å². The zero-order chi connectivity index (χ0) is 41.7. The maximum Gasteiger partial charge on any atom is 0.358 e. The number of hydrogen-bond acceptors (Lipinski definition) is 12. The number of aliphatic hydroxyl groups is 4. The number of allylic oxidation sites excluding steroid dienone is 8. The van der Waals surface area contributed by atoms with Crippen LogP contribution in [0.2, 0.25) is 0 Å². The molecule has 312 valence electrons. The third-order valence-electron chi connectivity index (χ3n) is 11.0. The molecule has 2 aromatic rings. The summed E-state index contributed by atoms with van der Waals surface area (Å²) in [4.78, 5) is 35.9. The summed E-state index contributed by atoms with van der Waals surface area (Å²) in [5, 5.41) is 45.3. The first-order valence-corrected chi connectivity index (χ1v) is 21.9. The van der Waals surface area contributed by atoms with Gasteiger partial charge in [0.05, 0.1) is 12.2 Å². The second-order valence-corrected chi connectivity index (χ2v) is 18.1. The quantitative estimate of drug-likeness (QED) is 0.136. The molecule has 0 amide bonds. The van der Waals surface area contributed by atoms with E-state index >= 15 is 0 Å². The van der Waals surface area contributed by atoms with Crippen molar-refractivity contribution in [2.45, 2.75) is 90.6 Å². The number of esters is 2. The molecule has 3 heterocycles. The highest BCUT2D eigenvalue weighted by Gasteiger charge is 2.40. The average Bonchev–Trinajstić information content (AvgIpc) is 3.99. The van der Waals surface area contributed by atoms with E-state index in [0.29, 0.717) is 59.4 Å². The summed E-state index contributed by atoms with van der Waals surface area (Å²) in [6, 6.07) is 0. The third kappa shape index (κ3) is 13.0. The van der Waals surface area contributed by atoms with E-state index in [4.69, 9.17) is 9.47 Å².